The molecule has 2 heterocycles. The lowest BCUT2D eigenvalue weighted by atomic mass is 10.3. The van der Waals surface area contributed by atoms with Crippen molar-refractivity contribution in [2.24, 2.45) is 0 Å². The number of halogens is 1. The predicted molar refractivity (Wildman–Crippen MR) is 72.9 cm³/mol. The molecule has 2 rings (SSSR count). The van der Waals surface area contributed by atoms with Crippen LogP contribution in [0.1, 0.15) is 0 Å². The number of hydrogen-bond donors (Lipinski definition) is 1. The van der Waals surface area contributed by atoms with Crippen LogP contribution in [0.25, 0.3) is 0 Å². The average molecular weight is 272 g/mol. The summed E-state index contributed by atoms with van der Waals surface area (Å²) >= 11 is 6.11. The predicted octanol–water partition coefficient (Wildman–Crippen LogP) is 0.932. The van der Waals surface area contributed by atoms with Crippen LogP contribution in [0.5, 0.6) is 5.75 Å². The summed E-state index contributed by atoms with van der Waals surface area (Å²) in [5, 5.41) is 3.32. The zero-order valence-electron chi connectivity index (χ0n) is 10.9. The van der Waals surface area contributed by atoms with Gasteiger partial charge in [0.05, 0.1) is 7.11 Å². The van der Waals surface area contributed by atoms with Crippen molar-refractivity contribution >= 4 is 23.4 Å². The molecule has 100 valence electrons. The van der Waals surface area contributed by atoms with Crippen molar-refractivity contribution in [1.29, 1.82) is 0 Å². The van der Waals surface area contributed by atoms with Crippen LogP contribution in [0.4, 0.5) is 11.8 Å². The molecule has 1 fully saturated rings. The molecule has 0 amide bonds. The highest BCUT2D eigenvalue weighted by molar-refractivity contribution is 6.31. The van der Waals surface area contributed by atoms with Gasteiger partial charge in [0.25, 0.3) is 0 Å². The second-order valence-electron chi connectivity index (χ2n) is 4.24. The molecule has 0 radical (unpaired) electrons. The minimum Gasteiger partial charge on any atom is -0.490 e. The first-order valence-corrected chi connectivity index (χ1v) is 6.26. The first-order valence-electron chi connectivity index (χ1n) is 5.88. The number of nitrogens with zero attached hydrogens (tertiary/aromatic N) is 4. The second kappa shape index (κ2) is 5.58. The van der Waals surface area contributed by atoms with Crippen LogP contribution in [-0.2, 0) is 0 Å². The van der Waals surface area contributed by atoms with E-state index in [2.05, 4.69) is 32.1 Å². The molecule has 1 aromatic heterocycles. The number of nitrogens with one attached hydrogen (secondary N) is 1. The summed E-state index contributed by atoms with van der Waals surface area (Å²) in [6.45, 7) is 3.81. The molecule has 1 saturated heterocycles. The fourth-order valence-electron chi connectivity index (χ4n) is 1.91. The summed E-state index contributed by atoms with van der Waals surface area (Å²) in [7, 11) is 5.45. The van der Waals surface area contributed by atoms with E-state index in [1.54, 1.807) is 14.2 Å². The number of aromatic nitrogens is 2. The number of piperazine rings is 1. The Morgan fingerprint density at radius 2 is 1.89 bits per heavy atom. The van der Waals surface area contributed by atoms with Gasteiger partial charge in [0, 0.05) is 33.2 Å². The smallest absolute Gasteiger partial charge is 0.229 e. The highest BCUT2D eigenvalue weighted by atomic mass is 35.5. The molecular formula is C11H18ClN5O. The fourth-order valence-corrected chi connectivity index (χ4v) is 2.15. The molecule has 0 bridgehead atoms. The topological polar surface area (TPSA) is 53.5 Å². The molecule has 1 aliphatic heterocycles. The van der Waals surface area contributed by atoms with Crippen LogP contribution in [0.3, 0.4) is 0 Å². The third kappa shape index (κ3) is 2.59. The van der Waals surface area contributed by atoms with Gasteiger partial charge in [-0.15, -0.1) is 0 Å². The van der Waals surface area contributed by atoms with Gasteiger partial charge >= 0.3 is 0 Å². The maximum absolute atomic E-state index is 6.11. The van der Waals surface area contributed by atoms with Crippen LogP contribution < -0.4 is 15.0 Å². The average Bonchev–Trinajstić information content (AvgIpc) is 2.38. The summed E-state index contributed by atoms with van der Waals surface area (Å²) in [6, 6.07) is 0. The third-order valence-corrected chi connectivity index (χ3v) is 3.30. The number of anilines is 2. The SMILES string of the molecule is CNc1nc(N2CCN(C)CC2)nc(Cl)c1OC. The molecule has 0 atom stereocenters. The lowest BCUT2D eigenvalue weighted by molar-refractivity contribution is 0.311. The number of hydrogen-bond acceptors (Lipinski definition) is 6. The normalized spacial score (nSPS) is 16.8. The van der Waals surface area contributed by atoms with Gasteiger partial charge in [-0.1, -0.05) is 11.6 Å². The summed E-state index contributed by atoms with van der Waals surface area (Å²) in [5.41, 5.74) is 0. The largest absolute Gasteiger partial charge is 0.490 e. The highest BCUT2D eigenvalue weighted by Crippen LogP contribution is 2.31. The van der Waals surface area contributed by atoms with E-state index < -0.39 is 0 Å². The Labute approximate surface area is 112 Å². The van der Waals surface area contributed by atoms with Gasteiger partial charge in [0.1, 0.15) is 0 Å². The zero-order valence-corrected chi connectivity index (χ0v) is 11.7. The van der Waals surface area contributed by atoms with Crippen molar-refractivity contribution in [3.63, 3.8) is 0 Å². The summed E-state index contributed by atoms with van der Waals surface area (Å²) in [4.78, 5) is 13.2. The Hall–Kier alpha value is -1.27. The van der Waals surface area contributed by atoms with E-state index in [1.807, 2.05) is 0 Å². The quantitative estimate of drug-likeness (QED) is 0.826. The number of rotatable bonds is 3. The standard InChI is InChI=1S/C11H18ClN5O/c1-13-10-8(18-3)9(12)14-11(15-10)17-6-4-16(2)5-7-17/h4-7H2,1-3H3,(H,13,14,15). The molecule has 0 unspecified atom stereocenters. The third-order valence-electron chi connectivity index (χ3n) is 3.04. The van der Waals surface area contributed by atoms with E-state index in [1.165, 1.54) is 0 Å². The zero-order chi connectivity index (χ0) is 13.1. The summed E-state index contributed by atoms with van der Waals surface area (Å²) < 4.78 is 5.18. The molecule has 0 saturated carbocycles. The van der Waals surface area contributed by atoms with Crippen molar-refractivity contribution in [2.45, 2.75) is 0 Å². The van der Waals surface area contributed by atoms with E-state index in [9.17, 15) is 0 Å². The molecular weight excluding hydrogens is 254 g/mol. The van der Waals surface area contributed by atoms with Gasteiger partial charge in [0.15, 0.2) is 16.7 Å². The summed E-state index contributed by atoms with van der Waals surface area (Å²) in [6.07, 6.45) is 0. The number of ether oxygens (including phenoxy) is 1. The van der Waals surface area contributed by atoms with Crippen molar-refractivity contribution in [3.05, 3.63) is 5.15 Å². The van der Waals surface area contributed by atoms with Gasteiger partial charge in [-0.3, -0.25) is 0 Å². The first-order chi connectivity index (χ1) is 8.65. The molecule has 1 aliphatic rings. The maximum atomic E-state index is 6.11. The van der Waals surface area contributed by atoms with Crippen LogP contribution in [0.15, 0.2) is 0 Å². The van der Waals surface area contributed by atoms with E-state index in [0.717, 1.165) is 26.2 Å². The molecule has 18 heavy (non-hydrogen) atoms. The van der Waals surface area contributed by atoms with Gasteiger partial charge in [0.2, 0.25) is 5.95 Å². The molecule has 0 aromatic carbocycles. The number of methoxy groups -OCH3 is 1. The molecule has 0 spiro atoms. The molecule has 6 nitrogen and oxygen atoms in total. The molecule has 1 aromatic rings. The van der Waals surface area contributed by atoms with E-state index in [-0.39, 0.29) is 0 Å². The van der Waals surface area contributed by atoms with Gasteiger partial charge in [-0.2, -0.15) is 9.97 Å². The summed E-state index contributed by atoms with van der Waals surface area (Å²) in [5.74, 6) is 1.75. The van der Waals surface area contributed by atoms with Gasteiger partial charge in [-0.05, 0) is 7.05 Å². The monoisotopic (exact) mass is 271 g/mol. The van der Waals surface area contributed by atoms with Crippen LogP contribution in [0.2, 0.25) is 5.15 Å². The Balaban J connectivity index is 2.26. The van der Waals surface area contributed by atoms with Crippen molar-refractivity contribution in [2.75, 3.05) is 57.6 Å². The fraction of sp³-hybridized carbons (Fsp3) is 0.636. The lowest BCUT2D eigenvalue weighted by Crippen LogP contribution is -2.45. The Kier molecular flexibility index (Phi) is 4.08. The highest BCUT2D eigenvalue weighted by Gasteiger charge is 2.20. The minimum atomic E-state index is 0.339. The van der Waals surface area contributed by atoms with Gasteiger partial charge in [-0.25, -0.2) is 0 Å². The minimum absolute atomic E-state index is 0.339. The lowest BCUT2D eigenvalue weighted by Gasteiger charge is -2.32. The Morgan fingerprint density at radius 3 is 2.44 bits per heavy atom. The van der Waals surface area contributed by atoms with Crippen molar-refractivity contribution in [3.8, 4) is 5.75 Å². The van der Waals surface area contributed by atoms with Crippen LogP contribution in [-0.4, -0.2) is 62.3 Å². The van der Waals surface area contributed by atoms with E-state index >= 15 is 0 Å². The van der Waals surface area contributed by atoms with Crippen LogP contribution >= 0.6 is 11.6 Å². The molecule has 7 heteroatoms. The van der Waals surface area contributed by atoms with Crippen LogP contribution in [0, 0.1) is 0 Å². The van der Waals surface area contributed by atoms with Crippen molar-refractivity contribution in [1.82, 2.24) is 14.9 Å². The van der Waals surface area contributed by atoms with E-state index in [0.29, 0.717) is 22.7 Å². The second-order valence-corrected chi connectivity index (χ2v) is 4.59. The Morgan fingerprint density at radius 1 is 1.22 bits per heavy atom. The van der Waals surface area contributed by atoms with Gasteiger partial charge < -0.3 is 19.9 Å². The number of likely N-dealkylation sites (N-methyl/N-ethyl adjacent to an activating group) is 1. The van der Waals surface area contributed by atoms with Crippen molar-refractivity contribution < 1.29 is 4.74 Å². The molecule has 0 aliphatic carbocycles. The van der Waals surface area contributed by atoms with E-state index in [4.69, 9.17) is 16.3 Å². The maximum Gasteiger partial charge on any atom is 0.229 e. The molecule has 1 N–H and O–H groups in total. The Bertz CT molecular complexity index is 420. The first kappa shape index (κ1) is 13.2.